The van der Waals surface area contributed by atoms with E-state index in [2.05, 4.69) is 39.4 Å². The largest absolute Gasteiger partial charge is 0.301 e. The monoisotopic (exact) mass is 366 g/mol. The number of rotatable bonds is 5. The topological polar surface area (TPSA) is 49.4 Å². The zero-order chi connectivity index (χ0) is 14.0. The van der Waals surface area contributed by atoms with Crippen LogP contribution < -0.4 is 4.72 Å². The van der Waals surface area contributed by atoms with Gasteiger partial charge in [0, 0.05) is 23.6 Å². The van der Waals surface area contributed by atoms with E-state index in [1.54, 1.807) is 11.4 Å². The first-order valence-corrected chi connectivity index (χ1v) is 9.52. The van der Waals surface area contributed by atoms with E-state index in [0.717, 1.165) is 19.5 Å². The van der Waals surface area contributed by atoms with Crippen LogP contribution in [0, 0.1) is 5.92 Å². The van der Waals surface area contributed by atoms with Gasteiger partial charge in [-0.3, -0.25) is 0 Å². The quantitative estimate of drug-likeness (QED) is 0.870. The number of hydrogen-bond donors (Lipinski definition) is 1. The summed E-state index contributed by atoms with van der Waals surface area (Å²) in [6.45, 7) is 6.92. The van der Waals surface area contributed by atoms with Crippen LogP contribution in [0.4, 0.5) is 0 Å². The van der Waals surface area contributed by atoms with Gasteiger partial charge < -0.3 is 4.90 Å². The van der Waals surface area contributed by atoms with Gasteiger partial charge in [-0.15, -0.1) is 11.3 Å². The van der Waals surface area contributed by atoms with Crippen LogP contribution in [-0.2, 0) is 10.0 Å². The summed E-state index contributed by atoms with van der Waals surface area (Å²) in [6.07, 6.45) is 1.06. The maximum absolute atomic E-state index is 12.1. The number of likely N-dealkylation sites (tertiary alicyclic amines) is 1. The van der Waals surface area contributed by atoms with Gasteiger partial charge in [-0.1, -0.05) is 0 Å². The molecule has 7 heteroatoms. The van der Waals surface area contributed by atoms with Gasteiger partial charge in [0.05, 0.1) is 0 Å². The molecule has 0 aliphatic carbocycles. The summed E-state index contributed by atoms with van der Waals surface area (Å²) >= 11 is 4.50. The molecule has 1 N–H and O–H groups in total. The van der Waals surface area contributed by atoms with E-state index < -0.39 is 10.0 Å². The van der Waals surface area contributed by atoms with Crippen molar-refractivity contribution >= 4 is 37.3 Å². The number of nitrogens with one attached hydrogen (secondary N) is 1. The second kappa shape index (κ2) is 6.22. The zero-order valence-corrected chi connectivity index (χ0v) is 14.3. The van der Waals surface area contributed by atoms with Crippen molar-refractivity contribution in [1.82, 2.24) is 9.62 Å². The van der Waals surface area contributed by atoms with Crippen molar-refractivity contribution in [2.75, 3.05) is 19.6 Å². The van der Waals surface area contributed by atoms with Crippen molar-refractivity contribution in [2.45, 2.75) is 30.5 Å². The normalized spacial score (nSPS) is 21.4. The highest BCUT2D eigenvalue weighted by Crippen LogP contribution is 2.27. The SMILES string of the molecule is CC(C)N1CCC(CNS(=O)(=O)c2sccc2Br)C1. The highest BCUT2D eigenvalue weighted by molar-refractivity contribution is 9.10. The molecule has 0 radical (unpaired) electrons. The molecule has 1 aliphatic heterocycles. The molecular formula is C12H19BrN2O2S2. The Balaban J connectivity index is 1.91. The van der Waals surface area contributed by atoms with Crippen LogP contribution in [0.25, 0.3) is 0 Å². The first-order chi connectivity index (χ1) is 8.90. The molecule has 19 heavy (non-hydrogen) atoms. The minimum absolute atomic E-state index is 0.367. The second-order valence-corrected chi connectivity index (χ2v) is 8.88. The maximum atomic E-state index is 12.1. The number of thiophene rings is 1. The lowest BCUT2D eigenvalue weighted by Gasteiger charge is -2.20. The molecule has 0 amide bonds. The minimum Gasteiger partial charge on any atom is -0.301 e. The fourth-order valence-corrected chi connectivity index (χ4v) is 5.76. The Hall–Kier alpha value is 0.0500. The fraction of sp³-hybridized carbons (Fsp3) is 0.667. The molecule has 2 heterocycles. The van der Waals surface area contributed by atoms with Gasteiger partial charge in [-0.05, 0) is 60.1 Å². The maximum Gasteiger partial charge on any atom is 0.251 e. The smallest absolute Gasteiger partial charge is 0.251 e. The van der Waals surface area contributed by atoms with Crippen LogP contribution in [-0.4, -0.2) is 39.0 Å². The van der Waals surface area contributed by atoms with Crippen LogP contribution in [0.1, 0.15) is 20.3 Å². The molecular weight excluding hydrogens is 348 g/mol. The molecule has 0 spiro atoms. The van der Waals surface area contributed by atoms with Gasteiger partial charge >= 0.3 is 0 Å². The molecule has 0 saturated carbocycles. The molecule has 0 aromatic carbocycles. The lowest BCUT2D eigenvalue weighted by atomic mass is 10.1. The molecule has 1 aromatic rings. The van der Waals surface area contributed by atoms with Crippen molar-refractivity contribution < 1.29 is 8.42 Å². The number of hydrogen-bond acceptors (Lipinski definition) is 4. The van der Waals surface area contributed by atoms with E-state index in [1.165, 1.54) is 11.3 Å². The molecule has 4 nitrogen and oxygen atoms in total. The van der Waals surface area contributed by atoms with Gasteiger partial charge in [0.2, 0.25) is 0 Å². The third kappa shape index (κ3) is 3.78. The van der Waals surface area contributed by atoms with Crippen LogP contribution in [0.2, 0.25) is 0 Å². The summed E-state index contributed by atoms with van der Waals surface area (Å²) in [5.74, 6) is 0.413. The van der Waals surface area contributed by atoms with Gasteiger partial charge in [0.25, 0.3) is 10.0 Å². The van der Waals surface area contributed by atoms with Gasteiger partial charge in [-0.25, -0.2) is 13.1 Å². The number of nitrogens with zero attached hydrogens (tertiary/aromatic N) is 1. The summed E-state index contributed by atoms with van der Waals surface area (Å²) in [5, 5.41) is 1.77. The van der Waals surface area contributed by atoms with E-state index in [0.29, 0.717) is 27.2 Å². The predicted molar refractivity (Wildman–Crippen MR) is 82.0 cm³/mol. The summed E-state index contributed by atoms with van der Waals surface area (Å²) in [7, 11) is -3.37. The molecule has 108 valence electrons. The van der Waals surface area contributed by atoms with Crippen LogP contribution in [0.5, 0.6) is 0 Å². The van der Waals surface area contributed by atoms with Gasteiger partial charge in [0.1, 0.15) is 4.21 Å². The third-order valence-electron chi connectivity index (χ3n) is 3.44. The molecule has 1 aliphatic rings. The van der Waals surface area contributed by atoms with Gasteiger partial charge in [0.15, 0.2) is 0 Å². The van der Waals surface area contributed by atoms with Crippen molar-refractivity contribution in [3.05, 3.63) is 15.9 Å². The third-order valence-corrected chi connectivity index (χ3v) is 7.53. The Morgan fingerprint density at radius 1 is 1.58 bits per heavy atom. The lowest BCUT2D eigenvalue weighted by Crippen LogP contribution is -2.32. The average Bonchev–Trinajstić information content (AvgIpc) is 2.95. The van der Waals surface area contributed by atoms with E-state index >= 15 is 0 Å². The van der Waals surface area contributed by atoms with Crippen LogP contribution in [0.15, 0.2) is 20.1 Å². The Morgan fingerprint density at radius 3 is 2.84 bits per heavy atom. The Kier molecular flexibility index (Phi) is 5.05. The highest BCUT2D eigenvalue weighted by atomic mass is 79.9. The molecule has 1 unspecified atom stereocenters. The van der Waals surface area contributed by atoms with Gasteiger partial charge in [-0.2, -0.15) is 0 Å². The zero-order valence-electron chi connectivity index (χ0n) is 11.1. The molecule has 1 fully saturated rings. The van der Waals surface area contributed by atoms with Crippen molar-refractivity contribution in [3.8, 4) is 0 Å². The lowest BCUT2D eigenvalue weighted by molar-refractivity contribution is 0.265. The summed E-state index contributed by atoms with van der Waals surface area (Å²) in [4.78, 5) is 2.39. The Bertz CT molecular complexity index is 528. The van der Waals surface area contributed by atoms with E-state index in [9.17, 15) is 8.42 Å². The van der Waals surface area contributed by atoms with Crippen LogP contribution in [0.3, 0.4) is 0 Å². The summed E-state index contributed by atoms with van der Waals surface area (Å²) < 4.78 is 28.0. The summed E-state index contributed by atoms with van der Waals surface area (Å²) in [6, 6.07) is 2.29. The molecule has 1 saturated heterocycles. The molecule has 2 rings (SSSR count). The number of halogens is 1. The Labute approximate surface area is 127 Å². The molecule has 1 atom stereocenters. The van der Waals surface area contributed by atoms with Crippen molar-refractivity contribution in [1.29, 1.82) is 0 Å². The predicted octanol–water partition coefficient (Wildman–Crippen LogP) is 2.52. The molecule has 0 bridgehead atoms. The standard InChI is InChI=1S/C12H19BrN2O2S2/c1-9(2)15-5-3-10(8-15)7-14-19(16,17)12-11(13)4-6-18-12/h4,6,9-10,14H,3,5,7-8H2,1-2H3. The minimum atomic E-state index is -3.37. The molecule has 1 aromatic heterocycles. The second-order valence-electron chi connectivity index (χ2n) is 5.15. The van der Waals surface area contributed by atoms with E-state index in [1.807, 2.05) is 0 Å². The first kappa shape index (κ1) is 15.4. The van der Waals surface area contributed by atoms with Crippen molar-refractivity contribution in [3.63, 3.8) is 0 Å². The average molecular weight is 367 g/mol. The highest BCUT2D eigenvalue weighted by Gasteiger charge is 2.26. The fourth-order valence-electron chi connectivity index (χ4n) is 2.26. The summed E-state index contributed by atoms with van der Waals surface area (Å²) in [5.41, 5.74) is 0. The van der Waals surface area contributed by atoms with Crippen molar-refractivity contribution in [2.24, 2.45) is 5.92 Å². The Morgan fingerprint density at radius 2 is 2.32 bits per heavy atom. The number of sulfonamides is 1. The first-order valence-electron chi connectivity index (χ1n) is 6.37. The van der Waals surface area contributed by atoms with E-state index in [-0.39, 0.29) is 0 Å². The van der Waals surface area contributed by atoms with Crippen LogP contribution >= 0.6 is 27.3 Å². The van der Waals surface area contributed by atoms with E-state index in [4.69, 9.17) is 0 Å².